The predicted octanol–water partition coefficient (Wildman–Crippen LogP) is 18.4. The molecule has 2 aromatic heterocycles. The standard InChI is InChI=1S/C56H40N2S.2C4H6/c1-3-16-47-51(4-2)57-52-33-32-46-48-35-42(30-34-53(48)59-55(46)54(47)52)58(41-27-25-38(26-28-41)37-17-8-5-9-18-37)43-29-31-45-44-23-14-15-24-49(44)56(50(45)36-43,39-19-10-6-11-20-39)40-21-12-7-13-22-40;2*1-3-4-2/h3-36,57H,2H2,1H3;2*3-4H,1-2H2/b16-3-;;. The van der Waals surface area contributed by atoms with Gasteiger partial charge in [0.25, 0.3) is 0 Å². The molecule has 0 unspecified atom stereocenters. The maximum atomic E-state index is 4.11. The number of nitrogens with one attached hydrogen (secondary N) is 1. The van der Waals surface area contributed by atoms with Gasteiger partial charge in [-0.1, -0.05) is 209 Å². The number of anilines is 3. The average Bonchev–Trinajstić information content (AvgIpc) is 4.05. The van der Waals surface area contributed by atoms with Gasteiger partial charge in [0.1, 0.15) is 0 Å². The minimum absolute atomic E-state index is 0.502. The summed E-state index contributed by atoms with van der Waals surface area (Å²) < 4.78 is 2.55. The van der Waals surface area contributed by atoms with E-state index in [0.717, 1.165) is 28.3 Å². The highest BCUT2D eigenvalue weighted by atomic mass is 32.1. The first-order chi connectivity index (χ1) is 33.0. The second-order valence-electron chi connectivity index (χ2n) is 16.3. The summed E-state index contributed by atoms with van der Waals surface area (Å²) >= 11 is 1.86. The maximum absolute atomic E-state index is 4.11. The van der Waals surface area contributed by atoms with Crippen LogP contribution >= 0.6 is 11.3 Å². The third-order valence-electron chi connectivity index (χ3n) is 12.5. The monoisotopic (exact) mass is 880 g/mol. The summed E-state index contributed by atoms with van der Waals surface area (Å²) in [4.78, 5) is 6.05. The highest BCUT2D eigenvalue weighted by Gasteiger charge is 2.46. The lowest BCUT2D eigenvalue weighted by Crippen LogP contribution is -2.28. The lowest BCUT2D eigenvalue weighted by Gasteiger charge is -2.35. The van der Waals surface area contributed by atoms with Crippen LogP contribution in [0.4, 0.5) is 17.1 Å². The van der Waals surface area contributed by atoms with Gasteiger partial charge in [0.05, 0.1) is 5.41 Å². The predicted molar refractivity (Wildman–Crippen MR) is 294 cm³/mol. The second-order valence-corrected chi connectivity index (χ2v) is 17.3. The Morgan fingerprint density at radius 2 is 1.06 bits per heavy atom. The van der Waals surface area contributed by atoms with Gasteiger partial charge in [-0.2, -0.15) is 0 Å². The van der Waals surface area contributed by atoms with Crippen molar-refractivity contribution < 1.29 is 0 Å². The van der Waals surface area contributed by atoms with Crippen molar-refractivity contribution in [1.82, 2.24) is 4.98 Å². The number of hydrogen-bond donors (Lipinski definition) is 1. The summed E-state index contributed by atoms with van der Waals surface area (Å²) in [5.74, 6) is 0. The molecule has 324 valence electrons. The van der Waals surface area contributed by atoms with Gasteiger partial charge >= 0.3 is 0 Å². The van der Waals surface area contributed by atoms with Crippen LogP contribution in [0.2, 0.25) is 0 Å². The number of benzene rings is 8. The van der Waals surface area contributed by atoms with E-state index in [-0.39, 0.29) is 0 Å². The van der Waals surface area contributed by atoms with Gasteiger partial charge in [-0.05, 0) is 106 Å². The maximum Gasteiger partial charge on any atom is 0.0714 e. The molecule has 1 aliphatic carbocycles. The zero-order valence-electron chi connectivity index (χ0n) is 37.8. The molecule has 2 heterocycles. The molecule has 1 aliphatic rings. The van der Waals surface area contributed by atoms with E-state index in [2.05, 4.69) is 250 Å². The Labute approximate surface area is 398 Å². The number of fused-ring (bicyclic) bond motifs is 8. The van der Waals surface area contributed by atoms with Crippen molar-refractivity contribution in [1.29, 1.82) is 0 Å². The largest absolute Gasteiger partial charge is 0.354 e. The molecule has 0 spiro atoms. The van der Waals surface area contributed by atoms with Gasteiger partial charge < -0.3 is 9.88 Å². The summed E-state index contributed by atoms with van der Waals surface area (Å²) in [7, 11) is 0. The first kappa shape index (κ1) is 44.0. The molecular weight excluding hydrogens is 829 g/mol. The average molecular weight is 881 g/mol. The summed E-state index contributed by atoms with van der Waals surface area (Å²) in [5, 5.41) is 3.76. The van der Waals surface area contributed by atoms with Gasteiger partial charge in [-0.25, -0.2) is 0 Å². The molecule has 0 amide bonds. The van der Waals surface area contributed by atoms with Crippen molar-refractivity contribution >= 4 is 71.6 Å². The number of rotatable bonds is 10. The fourth-order valence-corrected chi connectivity index (χ4v) is 10.9. The normalized spacial score (nSPS) is 12.0. The number of aromatic amines is 1. The minimum atomic E-state index is -0.502. The lowest BCUT2D eigenvalue weighted by atomic mass is 9.67. The topological polar surface area (TPSA) is 19.0 Å². The Morgan fingerprint density at radius 1 is 0.507 bits per heavy atom. The zero-order chi connectivity index (χ0) is 46.3. The molecule has 0 saturated heterocycles. The van der Waals surface area contributed by atoms with Crippen molar-refractivity contribution in [3.05, 3.63) is 285 Å². The lowest BCUT2D eigenvalue weighted by molar-refractivity contribution is 0.768. The second kappa shape index (κ2) is 19.5. The molecule has 3 heteroatoms. The molecule has 67 heavy (non-hydrogen) atoms. The summed E-state index contributed by atoms with van der Waals surface area (Å²) in [6.07, 6.45) is 12.8. The van der Waals surface area contributed by atoms with Crippen molar-refractivity contribution in [3.63, 3.8) is 0 Å². The van der Waals surface area contributed by atoms with Gasteiger partial charge in [0, 0.05) is 59.4 Å². The van der Waals surface area contributed by atoms with E-state index in [1.807, 2.05) is 17.4 Å². The molecule has 0 aliphatic heterocycles. The van der Waals surface area contributed by atoms with E-state index < -0.39 is 5.41 Å². The Morgan fingerprint density at radius 3 is 1.69 bits per heavy atom. The summed E-state index contributed by atoms with van der Waals surface area (Å²) in [5.41, 5.74) is 16.2. The van der Waals surface area contributed by atoms with Crippen LogP contribution < -0.4 is 4.90 Å². The van der Waals surface area contributed by atoms with E-state index in [9.17, 15) is 0 Å². The molecule has 0 radical (unpaired) electrons. The first-order valence-electron chi connectivity index (χ1n) is 22.5. The molecule has 0 bridgehead atoms. The van der Waals surface area contributed by atoms with Crippen LogP contribution in [-0.2, 0) is 5.41 Å². The molecular formula is C64H52N2S. The number of nitrogens with zero attached hydrogens (tertiary/aromatic N) is 1. The van der Waals surface area contributed by atoms with E-state index >= 15 is 0 Å². The number of H-pyrrole nitrogens is 1. The van der Waals surface area contributed by atoms with E-state index in [0.29, 0.717) is 0 Å². The Bertz CT molecular complexity index is 3380. The van der Waals surface area contributed by atoms with Crippen molar-refractivity contribution in [2.75, 3.05) is 4.90 Å². The van der Waals surface area contributed by atoms with Crippen LogP contribution in [0.5, 0.6) is 0 Å². The number of hydrogen-bond acceptors (Lipinski definition) is 2. The van der Waals surface area contributed by atoms with Gasteiger partial charge in [-0.3, -0.25) is 0 Å². The van der Waals surface area contributed by atoms with Gasteiger partial charge in [0.2, 0.25) is 0 Å². The van der Waals surface area contributed by atoms with Crippen molar-refractivity contribution in [2.45, 2.75) is 12.3 Å². The molecule has 0 atom stereocenters. The van der Waals surface area contributed by atoms with Gasteiger partial charge in [0.15, 0.2) is 0 Å². The molecule has 0 fully saturated rings. The van der Waals surface area contributed by atoms with Gasteiger partial charge in [-0.15, -0.1) is 11.3 Å². The zero-order valence-corrected chi connectivity index (χ0v) is 38.6. The third-order valence-corrected chi connectivity index (χ3v) is 13.7. The molecule has 8 aromatic carbocycles. The fourth-order valence-electron chi connectivity index (χ4n) is 9.64. The van der Waals surface area contributed by atoms with Crippen molar-refractivity contribution in [3.8, 4) is 22.3 Å². The van der Waals surface area contributed by atoms with Crippen LogP contribution in [0.15, 0.2) is 251 Å². The SMILES string of the molecule is C=CC=C.C=CC=C.C=Cc1[nH]c2ccc3c4cc(N(c5ccc(-c6ccccc6)cc5)c5ccc6c(c5)C(c5ccccc5)(c5ccccc5)c5ccccc5-6)ccc4sc3c2c1/C=C\C. The number of aromatic nitrogens is 1. The summed E-state index contributed by atoms with van der Waals surface area (Å²) in [6, 6.07) is 69.4. The quantitative estimate of drug-likeness (QED) is 0.136. The van der Waals surface area contributed by atoms with E-state index in [4.69, 9.17) is 0 Å². The van der Waals surface area contributed by atoms with Crippen LogP contribution in [0.1, 0.15) is 40.4 Å². The number of thiophene rings is 1. The highest BCUT2D eigenvalue weighted by molar-refractivity contribution is 7.26. The Kier molecular flexibility index (Phi) is 12.8. The van der Waals surface area contributed by atoms with Crippen LogP contribution in [0.3, 0.4) is 0 Å². The minimum Gasteiger partial charge on any atom is -0.354 e. The van der Waals surface area contributed by atoms with Crippen LogP contribution in [0, 0.1) is 0 Å². The number of allylic oxidation sites excluding steroid dienone is 5. The molecule has 2 nitrogen and oxygen atoms in total. The molecule has 0 saturated carbocycles. The first-order valence-corrected chi connectivity index (χ1v) is 23.4. The van der Waals surface area contributed by atoms with Crippen LogP contribution in [0.25, 0.3) is 65.5 Å². The van der Waals surface area contributed by atoms with Crippen molar-refractivity contribution in [2.24, 2.45) is 0 Å². The smallest absolute Gasteiger partial charge is 0.0714 e. The summed E-state index contributed by atoms with van der Waals surface area (Å²) in [6.45, 7) is 19.6. The molecule has 10 aromatic rings. The fraction of sp³-hybridized carbons (Fsp3) is 0.0312. The Hall–Kier alpha value is -8.24. The highest BCUT2D eigenvalue weighted by Crippen LogP contribution is 2.57. The molecule has 11 rings (SSSR count). The molecule has 1 N–H and O–H groups in total. The van der Waals surface area contributed by atoms with Crippen LogP contribution in [-0.4, -0.2) is 4.98 Å². The van der Waals surface area contributed by atoms with E-state index in [1.165, 1.54) is 75.6 Å². The third kappa shape index (κ3) is 7.90. The van der Waals surface area contributed by atoms with E-state index in [1.54, 1.807) is 24.3 Å². The Balaban J connectivity index is 0.000000654.